The first-order valence-corrected chi connectivity index (χ1v) is 5.69. The number of hydrogen-bond acceptors (Lipinski definition) is 1. The molecule has 3 rings (SSSR count). The van der Waals surface area contributed by atoms with Gasteiger partial charge in [0.2, 0.25) is 0 Å². The van der Waals surface area contributed by atoms with Gasteiger partial charge in [0.1, 0.15) is 0 Å². The van der Waals surface area contributed by atoms with E-state index in [1.54, 1.807) is 22.3 Å². The maximum Gasteiger partial charge on any atom is 0.0319 e. The first-order chi connectivity index (χ1) is 7.45. The molecule has 0 saturated heterocycles. The first-order valence-electron chi connectivity index (χ1n) is 5.69. The summed E-state index contributed by atoms with van der Waals surface area (Å²) in [6, 6.07) is 8.91. The fourth-order valence-corrected chi connectivity index (χ4v) is 2.69. The Bertz CT molecular complexity index is 377. The third-order valence-corrected chi connectivity index (χ3v) is 3.33. The van der Waals surface area contributed by atoms with Crippen LogP contribution in [-0.4, -0.2) is 12.2 Å². The van der Waals surface area contributed by atoms with Crippen LogP contribution in [0.5, 0.6) is 0 Å². The van der Waals surface area contributed by atoms with E-state index in [0.717, 1.165) is 7.11 Å². The van der Waals surface area contributed by atoms with Crippen molar-refractivity contribution in [1.29, 1.82) is 0 Å². The molecule has 2 aliphatic carbocycles. The maximum absolute atomic E-state index is 7.00. The lowest BCUT2D eigenvalue weighted by Gasteiger charge is -2.13. The minimum atomic E-state index is 1.00. The van der Waals surface area contributed by atoms with Crippen molar-refractivity contribution in [2.75, 3.05) is 7.11 Å². The fourth-order valence-electron chi connectivity index (χ4n) is 2.69. The predicted molar refractivity (Wildman–Crippen MR) is 63.7 cm³/mol. The molecule has 0 atom stereocenters. The summed E-state index contributed by atoms with van der Waals surface area (Å²) in [6.07, 6.45) is 6.72. The van der Waals surface area contributed by atoms with Gasteiger partial charge in [0.05, 0.1) is 0 Å². The second-order valence-electron chi connectivity index (χ2n) is 4.12. The van der Waals surface area contributed by atoms with Crippen LogP contribution >= 0.6 is 0 Å². The van der Waals surface area contributed by atoms with Crippen molar-refractivity contribution in [2.45, 2.75) is 32.1 Å². The van der Waals surface area contributed by atoms with Crippen molar-refractivity contribution < 1.29 is 5.11 Å². The van der Waals surface area contributed by atoms with Gasteiger partial charge >= 0.3 is 0 Å². The zero-order chi connectivity index (χ0) is 10.7. The third kappa shape index (κ3) is 1.84. The van der Waals surface area contributed by atoms with Crippen molar-refractivity contribution in [1.82, 2.24) is 0 Å². The van der Waals surface area contributed by atoms with E-state index in [0.29, 0.717) is 0 Å². The molecule has 80 valence electrons. The predicted octanol–water partition coefficient (Wildman–Crippen LogP) is 3.18. The van der Waals surface area contributed by atoms with Gasteiger partial charge in [-0.3, -0.25) is 0 Å². The highest BCUT2D eigenvalue weighted by Gasteiger charge is 2.22. The van der Waals surface area contributed by atoms with Crippen LogP contribution in [0.1, 0.15) is 36.8 Å². The Kier molecular flexibility index (Phi) is 3.22. The van der Waals surface area contributed by atoms with Crippen molar-refractivity contribution in [3.05, 3.63) is 41.0 Å². The summed E-state index contributed by atoms with van der Waals surface area (Å²) in [5.74, 6) is 0. The normalized spacial score (nSPS) is 17.7. The van der Waals surface area contributed by atoms with E-state index < -0.39 is 0 Å². The molecule has 0 radical (unpaired) electrons. The molecule has 0 aromatic heterocycles. The fraction of sp³-hybridized carbons (Fsp3) is 0.429. The molecule has 0 spiro atoms. The molecule has 0 fully saturated rings. The minimum absolute atomic E-state index is 1.00. The van der Waals surface area contributed by atoms with Gasteiger partial charge in [-0.05, 0) is 48.8 Å². The van der Waals surface area contributed by atoms with Crippen LogP contribution in [0.2, 0.25) is 0 Å². The molecule has 1 aromatic carbocycles. The van der Waals surface area contributed by atoms with Gasteiger partial charge in [0, 0.05) is 7.11 Å². The van der Waals surface area contributed by atoms with Gasteiger partial charge in [0.15, 0.2) is 0 Å². The monoisotopic (exact) mass is 202 g/mol. The van der Waals surface area contributed by atoms with Gasteiger partial charge in [-0.25, -0.2) is 0 Å². The molecule has 1 aromatic rings. The zero-order valence-corrected chi connectivity index (χ0v) is 9.29. The summed E-state index contributed by atoms with van der Waals surface area (Å²) in [6.45, 7) is 0. The lowest BCUT2D eigenvalue weighted by atomic mass is 9.92. The van der Waals surface area contributed by atoms with Crippen LogP contribution < -0.4 is 0 Å². The van der Waals surface area contributed by atoms with E-state index >= 15 is 0 Å². The second-order valence-corrected chi connectivity index (χ2v) is 4.12. The average Bonchev–Trinajstić information content (AvgIpc) is 2.70. The molecule has 0 unspecified atom stereocenters. The lowest BCUT2D eigenvalue weighted by molar-refractivity contribution is 0.399. The average molecular weight is 202 g/mol. The Morgan fingerprint density at radius 2 is 1.73 bits per heavy atom. The second kappa shape index (κ2) is 4.63. The maximum atomic E-state index is 7.00. The number of benzene rings is 1. The standard InChI is InChI=1S/C13H14.CH4O/c1-3-7-12-10(5-1)9-11-6-2-4-8-13(11)12;1-2/h1,3,5,7H,2,4,6,8-9H2;2H,1H3. The van der Waals surface area contributed by atoms with E-state index in [9.17, 15) is 0 Å². The van der Waals surface area contributed by atoms with Crippen LogP contribution in [0, 0.1) is 0 Å². The number of aliphatic hydroxyl groups excluding tert-OH is 1. The van der Waals surface area contributed by atoms with E-state index in [4.69, 9.17) is 5.11 Å². The Morgan fingerprint density at radius 3 is 2.60 bits per heavy atom. The number of rotatable bonds is 0. The van der Waals surface area contributed by atoms with Crippen LogP contribution in [-0.2, 0) is 6.42 Å². The Balaban J connectivity index is 0.000000404. The number of aliphatic hydroxyl groups is 1. The first kappa shape index (κ1) is 10.4. The van der Waals surface area contributed by atoms with E-state index in [1.165, 1.54) is 32.1 Å². The summed E-state index contributed by atoms with van der Waals surface area (Å²) < 4.78 is 0. The molecule has 15 heavy (non-hydrogen) atoms. The Labute approximate surface area is 91.4 Å². The molecule has 0 bridgehead atoms. The molecular formula is C14H18O. The van der Waals surface area contributed by atoms with Crippen LogP contribution in [0.25, 0.3) is 5.57 Å². The van der Waals surface area contributed by atoms with Crippen LogP contribution in [0.15, 0.2) is 29.8 Å². The van der Waals surface area contributed by atoms with Crippen molar-refractivity contribution in [3.8, 4) is 0 Å². The van der Waals surface area contributed by atoms with Crippen LogP contribution in [0.3, 0.4) is 0 Å². The van der Waals surface area contributed by atoms with Crippen molar-refractivity contribution in [3.63, 3.8) is 0 Å². The molecule has 1 nitrogen and oxygen atoms in total. The molecule has 0 heterocycles. The Hall–Kier alpha value is -1.08. The number of allylic oxidation sites excluding steroid dienone is 2. The smallest absolute Gasteiger partial charge is 0.0319 e. The molecule has 1 heteroatoms. The summed E-state index contributed by atoms with van der Waals surface area (Å²) >= 11 is 0. The minimum Gasteiger partial charge on any atom is -0.400 e. The van der Waals surface area contributed by atoms with Crippen molar-refractivity contribution >= 4 is 5.57 Å². The largest absolute Gasteiger partial charge is 0.400 e. The topological polar surface area (TPSA) is 20.2 Å². The highest BCUT2D eigenvalue weighted by atomic mass is 16.2. The highest BCUT2D eigenvalue weighted by Crippen LogP contribution is 2.40. The zero-order valence-electron chi connectivity index (χ0n) is 9.29. The molecule has 0 amide bonds. The molecular weight excluding hydrogens is 184 g/mol. The molecule has 1 N–H and O–H groups in total. The van der Waals surface area contributed by atoms with Crippen molar-refractivity contribution in [2.24, 2.45) is 0 Å². The number of hydrogen-bond donors (Lipinski definition) is 1. The summed E-state index contributed by atoms with van der Waals surface area (Å²) in [5, 5.41) is 7.00. The van der Waals surface area contributed by atoms with Gasteiger partial charge in [0.25, 0.3) is 0 Å². The van der Waals surface area contributed by atoms with E-state index in [2.05, 4.69) is 24.3 Å². The van der Waals surface area contributed by atoms with Gasteiger partial charge in [-0.1, -0.05) is 29.8 Å². The highest BCUT2D eigenvalue weighted by molar-refractivity contribution is 5.76. The van der Waals surface area contributed by atoms with E-state index in [-0.39, 0.29) is 0 Å². The third-order valence-electron chi connectivity index (χ3n) is 3.33. The summed E-state index contributed by atoms with van der Waals surface area (Å²) in [4.78, 5) is 0. The SMILES string of the molecule is CO.c1ccc2c(c1)CC1=C2CCCC1. The molecule has 0 saturated carbocycles. The summed E-state index contributed by atoms with van der Waals surface area (Å²) in [5.41, 5.74) is 6.53. The summed E-state index contributed by atoms with van der Waals surface area (Å²) in [7, 11) is 1.00. The quantitative estimate of drug-likeness (QED) is 0.685. The molecule has 0 aliphatic heterocycles. The van der Waals surface area contributed by atoms with E-state index in [1.807, 2.05) is 0 Å². The lowest BCUT2D eigenvalue weighted by Crippen LogP contribution is -1.93. The molecule has 2 aliphatic rings. The van der Waals surface area contributed by atoms with Gasteiger partial charge in [-0.2, -0.15) is 0 Å². The van der Waals surface area contributed by atoms with Gasteiger partial charge in [-0.15, -0.1) is 0 Å². The Morgan fingerprint density at radius 1 is 1.00 bits per heavy atom. The van der Waals surface area contributed by atoms with Gasteiger partial charge < -0.3 is 5.11 Å². The van der Waals surface area contributed by atoms with Crippen LogP contribution in [0.4, 0.5) is 0 Å². The number of fused-ring (bicyclic) bond motifs is 2.